The Balaban J connectivity index is 1.36. The van der Waals surface area contributed by atoms with Crippen molar-refractivity contribution in [3.05, 3.63) is 85.1 Å². The molecule has 1 aliphatic carbocycles. The summed E-state index contributed by atoms with van der Waals surface area (Å²) in [5, 5.41) is 12.1. The molecule has 4 heterocycles. The third-order valence-corrected chi connectivity index (χ3v) is 6.49. The number of imidazole rings is 1. The quantitative estimate of drug-likeness (QED) is 0.225. The van der Waals surface area contributed by atoms with Crippen molar-refractivity contribution >= 4 is 33.2 Å². The fourth-order valence-corrected chi connectivity index (χ4v) is 4.61. The second-order valence-corrected chi connectivity index (χ2v) is 9.09. The van der Waals surface area contributed by atoms with E-state index in [-0.39, 0.29) is 0 Å². The number of allylic oxidation sites excluding steroid dienone is 5. The van der Waals surface area contributed by atoms with Crippen molar-refractivity contribution in [2.45, 2.75) is 32.6 Å². The number of nitrogens with one attached hydrogen (secondary N) is 3. The molecule has 36 heavy (non-hydrogen) atoms. The van der Waals surface area contributed by atoms with Crippen LogP contribution in [0.25, 0.3) is 50.2 Å². The first-order valence-electron chi connectivity index (χ1n) is 12.3. The van der Waals surface area contributed by atoms with Gasteiger partial charge in [-0.2, -0.15) is 5.10 Å². The van der Waals surface area contributed by atoms with E-state index >= 15 is 0 Å². The second-order valence-electron chi connectivity index (χ2n) is 9.09. The lowest BCUT2D eigenvalue weighted by atomic mass is 10.0. The van der Waals surface area contributed by atoms with E-state index in [4.69, 9.17) is 4.98 Å². The molecule has 0 spiro atoms. The number of unbranched alkanes of at least 4 members (excludes halogenated alkanes) is 1. The monoisotopic (exact) mass is 473 g/mol. The largest absolute Gasteiger partial charge is 0.358 e. The molecule has 0 bridgehead atoms. The summed E-state index contributed by atoms with van der Waals surface area (Å²) in [5.41, 5.74) is 9.72. The van der Waals surface area contributed by atoms with Crippen LogP contribution in [0.3, 0.4) is 0 Å². The highest BCUT2D eigenvalue weighted by Crippen LogP contribution is 2.33. The van der Waals surface area contributed by atoms with E-state index in [1.807, 2.05) is 30.9 Å². The number of hydrogen-bond acceptors (Lipinski definition) is 5. The van der Waals surface area contributed by atoms with Crippen LogP contribution in [0.4, 0.5) is 5.69 Å². The third-order valence-electron chi connectivity index (χ3n) is 6.49. The standard InChI is InChI=1S/C29H27N7/c1-3-4-7-18(2)32-22-12-21(14-30-15-22)20-10-11-25-23(13-20)28(36-35-25)29-33-26-17-31-16-24(27(26)34-29)19-8-5-6-9-19/h5,8-17,32H,2-4,6-7H2,1H3,(H,33,34)(H,35,36). The van der Waals surface area contributed by atoms with E-state index in [2.05, 4.69) is 80.4 Å². The molecule has 7 heteroatoms. The number of aromatic amines is 2. The molecule has 0 fully saturated rings. The highest BCUT2D eigenvalue weighted by atomic mass is 15.1. The lowest BCUT2D eigenvalue weighted by Crippen LogP contribution is -1.98. The zero-order valence-electron chi connectivity index (χ0n) is 20.2. The highest BCUT2D eigenvalue weighted by molar-refractivity contribution is 5.98. The van der Waals surface area contributed by atoms with Gasteiger partial charge < -0.3 is 10.3 Å². The third kappa shape index (κ3) is 4.09. The minimum atomic E-state index is 0.714. The molecule has 178 valence electrons. The van der Waals surface area contributed by atoms with Crippen LogP contribution in [0.5, 0.6) is 0 Å². The van der Waals surface area contributed by atoms with Crippen molar-refractivity contribution in [2.24, 2.45) is 0 Å². The fourth-order valence-electron chi connectivity index (χ4n) is 4.61. The molecular weight excluding hydrogens is 446 g/mol. The highest BCUT2D eigenvalue weighted by Gasteiger charge is 2.17. The molecule has 4 aromatic heterocycles. The van der Waals surface area contributed by atoms with Gasteiger partial charge in [0.15, 0.2) is 5.82 Å². The summed E-state index contributed by atoms with van der Waals surface area (Å²) in [5.74, 6) is 0.714. The maximum Gasteiger partial charge on any atom is 0.159 e. The Hall–Kier alpha value is -4.52. The lowest BCUT2D eigenvalue weighted by Gasteiger charge is -2.10. The van der Waals surface area contributed by atoms with Gasteiger partial charge in [0.1, 0.15) is 5.69 Å². The van der Waals surface area contributed by atoms with Crippen LogP contribution in [0, 0.1) is 0 Å². The van der Waals surface area contributed by atoms with Gasteiger partial charge in [0.25, 0.3) is 0 Å². The number of hydrogen-bond donors (Lipinski definition) is 3. The van der Waals surface area contributed by atoms with Crippen molar-refractivity contribution in [2.75, 3.05) is 5.32 Å². The first-order valence-corrected chi connectivity index (χ1v) is 12.3. The molecule has 0 radical (unpaired) electrons. The zero-order valence-corrected chi connectivity index (χ0v) is 20.2. The van der Waals surface area contributed by atoms with Crippen LogP contribution in [0.1, 0.15) is 38.2 Å². The molecule has 6 rings (SSSR count). The number of aromatic nitrogens is 6. The van der Waals surface area contributed by atoms with E-state index < -0.39 is 0 Å². The Kier molecular flexibility index (Phi) is 5.65. The number of H-pyrrole nitrogens is 2. The number of rotatable bonds is 8. The predicted octanol–water partition coefficient (Wildman–Crippen LogP) is 7.02. The minimum Gasteiger partial charge on any atom is -0.358 e. The summed E-state index contributed by atoms with van der Waals surface area (Å²) < 4.78 is 0. The number of nitrogens with zero attached hydrogens (tertiary/aromatic N) is 4. The number of benzene rings is 1. The zero-order chi connectivity index (χ0) is 24.5. The Morgan fingerprint density at radius 2 is 1.97 bits per heavy atom. The Bertz CT molecular complexity index is 1650. The summed E-state index contributed by atoms with van der Waals surface area (Å²) in [7, 11) is 0. The van der Waals surface area contributed by atoms with Crippen LogP contribution in [0.15, 0.2) is 79.6 Å². The van der Waals surface area contributed by atoms with E-state index in [0.717, 1.165) is 87.0 Å². The molecule has 0 amide bonds. The van der Waals surface area contributed by atoms with E-state index in [1.165, 1.54) is 0 Å². The number of pyridine rings is 2. The van der Waals surface area contributed by atoms with Gasteiger partial charge in [0.2, 0.25) is 0 Å². The first kappa shape index (κ1) is 22.0. The second kappa shape index (κ2) is 9.26. The molecule has 0 saturated carbocycles. The molecule has 0 atom stereocenters. The maximum absolute atomic E-state index is 4.94. The maximum atomic E-state index is 4.94. The van der Waals surface area contributed by atoms with Gasteiger partial charge in [-0.1, -0.05) is 44.2 Å². The molecular formula is C29H27N7. The number of fused-ring (bicyclic) bond motifs is 2. The number of anilines is 1. The van der Waals surface area contributed by atoms with Crippen molar-refractivity contribution in [1.82, 2.24) is 30.1 Å². The first-order chi connectivity index (χ1) is 17.7. The van der Waals surface area contributed by atoms with Crippen LogP contribution in [-0.4, -0.2) is 30.1 Å². The van der Waals surface area contributed by atoms with Gasteiger partial charge in [0.05, 0.1) is 34.6 Å². The normalized spacial score (nSPS) is 13.0. The summed E-state index contributed by atoms with van der Waals surface area (Å²) >= 11 is 0. The molecule has 0 aliphatic heterocycles. The fraction of sp³-hybridized carbons (Fsp3) is 0.172. The van der Waals surface area contributed by atoms with Gasteiger partial charge >= 0.3 is 0 Å². The van der Waals surface area contributed by atoms with Gasteiger partial charge in [-0.05, 0) is 48.6 Å². The topological polar surface area (TPSA) is 95.2 Å². The summed E-state index contributed by atoms with van der Waals surface area (Å²) in [4.78, 5) is 17.2. The molecule has 1 aliphatic rings. The van der Waals surface area contributed by atoms with Crippen LogP contribution >= 0.6 is 0 Å². The van der Waals surface area contributed by atoms with Crippen molar-refractivity contribution < 1.29 is 0 Å². The van der Waals surface area contributed by atoms with Crippen molar-refractivity contribution in [1.29, 1.82) is 0 Å². The van der Waals surface area contributed by atoms with Gasteiger partial charge in [-0.25, -0.2) is 4.98 Å². The molecule has 0 saturated heterocycles. The average Bonchev–Trinajstić information content (AvgIpc) is 3.66. The van der Waals surface area contributed by atoms with Crippen molar-refractivity contribution in [3.8, 4) is 22.6 Å². The van der Waals surface area contributed by atoms with E-state index in [0.29, 0.717) is 5.82 Å². The Morgan fingerprint density at radius 3 is 2.83 bits per heavy atom. The summed E-state index contributed by atoms with van der Waals surface area (Å²) in [6.07, 6.45) is 18.0. The SMILES string of the molecule is C=C(CCCC)Nc1cncc(-c2ccc3[nH]nc(-c4nc5c(C6=CCC=C6)cncc5[nH]4)c3c2)c1. The van der Waals surface area contributed by atoms with Crippen LogP contribution in [0.2, 0.25) is 0 Å². The van der Waals surface area contributed by atoms with Crippen LogP contribution in [-0.2, 0) is 0 Å². The molecule has 3 N–H and O–H groups in total. The van der Waals surface area contributed by atoms with Crippen molar-refractivity contribution in [3.63, 3.8) is 0 Å². The van der Waals surface area contributed by atoms with Gasteiger partial charge in [0, 0.05) is 34.6 Å². The van der Waals surface area contributed by atoms with E-state index in [1.54, 1.807) is 0 Å². The average molecular weight is 474 g/mol. The lowest BCUT2D eigenvalue weighted by molar-refractivity contribution is 0.791. The summed E-state index contributed by atoms with van der Waals surface area (Å²) in [6.45, 7) is 6.33. The molecule has 5 aromatic rings. The van der Waals surface area contributed by atoms with E-state index in [9.17, 15) is 0 Å². The Morgan fingerprint density at radius 1 is 1.06 bits per heavy atom. The molecule has 1 aromatic carbocycles. The minimum absolute atomic E-state index is 0.714. The Labute approximate surface area is 209 Å². The smallest absolute Gasteiger partial charge is 0.159 e. The van der Waals surface area contributed by atoms with Gasteiger partial charge in [-0.15, -0.1) is 0 Å². The van der Waals surface area contributed by atoms with Crippen LogP contribution < -0.4 is 5.32 Å². The molecule has 0 unspecified atom stereocenters. The summed E-state index contributed by atoms with van der Waals surface area (Å²) in [6, 6.07) is 8.37. The van der Waals surface area contributed by atoms with Gasteiger partial charge in [-0.3, -0.25) is 15.1 Å². The predicted molar refractivity (Wildman–Crippen MR) is 146 cm³/mol. The molecule has 7 nitrogen and oxygen atoms in total.